The van der Waals surface area contributed by atoms with Gasteiger partial charge in [0, 0.05) is 37.3 Å². The van der Waals surface area contributed by atoms with Gasteiger partial charge in [-0.1, -0.05) is 25.3 Å². The zero-order chi connectivity index (χ0) is 18.6. The number of nitrogens with one attached hydrogen (secondary N) is 1. The third-order valence-electron chi connectivity index (χ3n) is 5.84. The van der Waals surface area contributed by atoms with E-state index in [1.807, 2.05) is 18.3 Å². The fraction of sp³-hybridized carbons (Fsp3) is 0.524. The van der Waals surface area contributed by atoms with Gasteiger partial charge in [-0.25, -0.2) is 0 Å². The van der Waals surface area contributed by atoms with E-state index >= 15 is 0 Å². The minimum Gasteiger partial charge on any atom is -0.396 e. The zero-order valence-electron chi connectivity index (χ0n) is 15.6. The third kappa shape index (κ3) is 3.73. The van der Waals surface area contributed by atoms with E-state index in [0.29, 0.717) is 12.5 Å². The van der Waals surface area contributed by atoms with E-state index < -0.39 is 0 Å². The summed E-state index contributed by atoms with van der Waals surface area (Å²) in [6.07, 6.45) is 11.2. The first-order valence-corrected chi connectivity index (χ1v) is 10.5. The number of aliphatic hydroxyl groups excluding tert-OH is 1. The molecule has 27 heavy (non-hydrogen) atoms. The summed E-state index contributed by atoms with van der Waals surface area (Å²) >= 11 is 5.68. The minimum atomic E-state index is 0.0228. The Morgan fingerprint density at radius 3 is 2.74 bits per heavy atom. The predicted molar refractivity (Wildman–Crippen MR) is 110 cm³/mol. The Morgan fingerprint density at radius 1 is 1.15 bits per heavy atom. The van der Waals surface area contributed by atoms with Crippen molar-refractivity contribution in [1.29, 1.82) is 0 Å². The van der Waals surface area contributed by atoms with E-state index in [1.165, 1.54) is 37.8 Å². The molecule has 1 saturated heterocycles. The van der Waals surface area contributed by atoms with Crippen LogP contribution in [-0.4, -0.2) is 37.8 Å². The normalized spacial score (nSPS) is 23.6. The van der Waals surface area contributed by atoms with Crippen molar-refractivity contribution in [3.8, 4) is 0 Å². The summed E-state index contributed by atoms with van der Waals surface area (Å²) in [5.41, 5.74) is 2.30. The molecule has 2 aliphatic rings. The van der Waals surface area contributed by atoms with Gasteiger partial charge in [-0.3, -0.25) is 4.98 Å². The van der Waals surface area contributed by atoms with Gasteiger partial charge in [-0.05, 0) is 55.7 Å². The number of hydrogen-bond acceptors (Lipinski definition) is 3. The van der Waals surface area contributed by atoms with Gasteiger partial charge in [0.2, 0.25) is 0 Å². The maximum Gasteiger partial charge on any atom is 0.170 e. The van der Waals surface area contributed by atoms with Crippen molar-refractivity contribution in [3.05, 3.63) is 54.1 Å². The second kappa shape index (κ2) is 8.40. The molecule has 2 atom stereocenters. The minimum absolute atomic E-state index is 0.0228. The summed E-state index contributed by atoms with van der Waals surface area (Å²) in [5, 5.41) is 13.6. The summed E-state index contributed by atoms with van der Waals surface area (Å²) in [5.74, 6) is 0. The van der Waals surface area contributed by atoms with Crippen molar-refractivity contribution in [3.63, 3.8) is 0 Å². The molecular formula is C21H28N4OS. The third-order valence-corrected chi connectivity index (χ3v) is 6.19. The molecule has 0 radical (unpaired) electrons. The van der Waals surface area contributed by atoms with Crippen LogP contribution < -0.4 is 5.32 Å². The number of aromatic nitrogens is 2. The molecule has 2 aromatic rings. The Kier molecular flexibility index (Phi) is 5.74. The molecule has 2 N–H and O–H groups in total. The van der Waals surface area contributed by atoms with Crippen LogP contribution >= 0.6 is 12.2 Å². The zero-order valence-corrected chi connectivity index (χ0v) is 16.4. The molecule has 1 aliphatic carbocycles. The molecule has 2 fully saturated rings. The highest BCUT2D eigenvalue weighted by atomic mass is 32.1. The summed E-state index contributed by atoms with van der Waals surface area (Å²) < 4.78 is 2.47. The first kappa shape index (κ1) is 18.4. The molecule has 0 bridgehead atoms. The van der Waals surface area contributed by atoms with Crippen LogP contribution in [0.4, 0.5) is 0 Å². The molecule has 1 aliphatic heterocycles. The highest BCUT2D eigenvalue weighted by molar-refractivity contribution is 7.80. The Labute approximate surface area is 166 Å². The van der Waals surface area contributed by atoms with Crippen LogP contribution in [0.2, 0.25) is 0 Å². The largest absolute Gasteiger partial charge is 0.396 e. The van der Waals surface area contributed by atoms with E-state index in [1.54, 1.807) is 0 Å². The highest BCUT2D eigenvalue weighted by Crippen LogP contribution is 2.41. The number of thiocarbonyl (C=S) groups is 1. The molecule has 0 unspecified atom stereocenters. The number of pyridine rings is 1. The lowest BCUT2D eigenvalue weighted by Gasteiger charge is -2.32. The Morgan fingerprint density at radius 2 is 2.00 bits per heavy atom. The van der Waals surface area contributed by atoms with Crippen molar-refractivity contribution in [2.75, 3.05) is 13.2 Å². The van der Waals surface area contributed by atoms with Gasteiger partial charge < -0.3 is 19.9 Å². The SMILES string of the molecule is OCCCN1C(=S)N[C@H](c2ccccn2)[C@H]1c1cccn1C1CCCCC1. The van der Waals surface area contributed by atoms with Crippen LogP contribution in [-0.2, 0) is 0 Å². The van der Waals surface area contributed by atoms with Gasteiger partial charge in [0.05, 0.1) is 17.8 Å². The molecule has 6 heteroatoms. The molecule has 0 aromatic carbocycles. The lowest BCUT2D eigenvalue weighted by Crippen LogP contribution is -2.32. The van der Waals surface area contributed by atoms with Crippen LogP contribution in [0.5, 0.6) is 0 Å². The quantitative estimate of drug-likeness (QED) is 0.743. The average Bonchev–Trinajstić information content (AvgIpc) is 3.32. The number of rotatable bonds is 6. The highest BCUT2D eigenvalue weighted by Gasteiger charge is 2.41. The average molecular weight is 385 g/mol. The van der Waals surface area contributed by atoms with Crippen molar-refractivity contribution in [2.24, 2.45) is 0 Å². The van der Waals surface area contributed by atoms with Gasteiger partial charge in [-0.15, -0.1) is 0 Å². The van der Waals surface area contributed by atoms with E-state index in [-0.39, 0.29) is 18.7 Å². The molecule has 2 aromatic heterocycles. The molecule has 4 rings (SSSR count). The standard InChI is InChI=1S/C21H28N4OS/c26-15-7-14-25-20(19(23-21(25)27)17-10-4-5-12-22-17)18-11-6-13-24(18)16-8-2-1-3-9-16/h4-6,10-13,16,19-20,26H,1-3,7-9,14-15H2,(H,23,27)/t19-,20-/m1/s1. The van der Waals surface area contributed by atoms with Crippen LogP contribution in [0.1, 0.15) is 68.0 Å². The first-order valence-electron chi connectivity index (χ1n) is 10.1. The van der Waals surface area contributed by atoms with Gasteiger partial charge in [0.15, 0.2) is 5.11 Å². The molecule has 144 valence electrons. The molecule has 0 amide bonds. The first-order chi connectivity index (χ1) is 13.3. The fourth-order valence-electron chi connectivity index (χ4n) is 4.56. The Hall–Kier alpha value is -1.92. The second-order valence-corrected chi connectivity index (χ2v) is 7.92. The van der Waals surface area contributed by atoms with E-state index in [0.717, 1.165) is 17.4 Å². The van der Waals surface area contributed by atoms with Crippen LogP contribution in [0, 0.1) is 0 Å². The van der Waals surface area contributed by atoms with Crippen molar-refractivity contribution in [2.45, 2.75) is 56.7 Å². The molecular weight excluding hydrogens is 356 g/mol. The molecule has 5 nitrogen and oxygen atoms in total. The maximum atomic E-state index is 9.36. The van der Waals surface area contributed by atoms with Gasteiger partial charge in [0.1, 0.15) is 0 Å². The second-order valence-electron chi connectivity index (χ2n) is 7.53. The smallest absolute Gasteiger partial charge is 0.170 e. The van der Waals surface area contributed by atoms with E-state index in [4.69, 9.17) is 12.2 Å². The van der Waals surface area contributed by atoms with Crippen molar-refractivity contribution < 1.29 is 5.11 Å². The number of aliphatic hydroxyl groups is 1. The maximum absolute atomic E-state index is 9.36. The molecule has 0 spiro atoms. The van der Waals surface area contributed by atoms with Gasteiger partial charge in [-0.2, -0.15) is 0 Å². The summed E-state index contributed by atoms with van der Waals surface area (Å²) in [7, 11) is 0. The Bertz CT molecular complexity index is 757. The lowest BCUT2D eigenvalue weighted by atomic mass is 9.94. The summed E-state index contributed by atoms with van der Waals surface area (Å²) in [4.78, 5) is 6.84. The number of hydrogen-bond donors (Lipinski definition) is 2. The van der Waals surface area contributed by atoms with Gasteiger partial charge >= 0.3 is 0 Å². The predicted octanol–water partition coefficient (Wildman–Crippen LogP) is 3.74. The topological polar surface area (TPSA) is 53.3 Å². The van der Waals surface area contributed by atoms with Crippen LogP contribution in [0.3, 0.4) is 0 Å². The van der Waals surface area contributed by atoms with Crippen molar-refractivity contribution >= 4 is 17.3 Å². The molecule has 1 saturated carbocycles. The fourth-order valence-corrected chi connectivity index (χ4v) is 4.89. The van der Waals surface area contributed by atoms with Crippen molar-refractivity contribution in [1.82, 2.24) is 19.8 Å². The number of nitrogens with zero attached hydrogens (tertiary/aromatic N) is 3. The van der Waals surface area contributed by atoms with Gasteiger partial charge in [0.25, 0.3) is 0 Å². The monoisotopic (exact) mass is 384 g/mol. The van der Waals surface area contributed by atoms with E-state index in [2.05, 4.69) is 44.2 Å². The lowest BCUT2D eigenvalue weighted by molar-refractivity contribution is 0.238. The van der Waals surface area contributed by atoms with Crippen LogP contribution in [0.15, 0.2) is 42.7 Å². The van der Waals surface area contributed by atoms with Crippen LogP contribution in [0.25, 0.3) is 0 Å². The molecule has 3 heterocycles. The van der Waals surface area contributed by atoms with E-state index in [9.17, 15) is 5.11 Å². The Balaban J connectivity index is 1.71. The summed E-state index contributed by atoms with van der Waals surface area (Å²) in [6.45, 7) is 0.913. The summed E-state index contributed by atoms with van der Waals surface area (Å²) in [6, 6.07) is 11.1.